The Morgan fingerprint density at radius 2 is 1.88 bits per heavy atom. The monoisotopic (exact) mass is 324 g/mol. The molecule has 1 aromatic heterocycles. The van der Waals surface area contributed by atoms with Crippen LogP contribution in [-0.4, -0.2) is 4.98 Å². The van der Waals surface area contributed by atoms with Crippen molar-refractivity contribution in [2.75, 3.05) is 0 Å². The second-order valence-electron chi connectivity index (χ2n) is 3.76. The molecule has 0 aliphatic heterocycles. The van der Waals surface area contributed by atoms with Gasteiger partial charge in [-0.15, -0.1) is 0 Å². The SMILES string of the molecule is Cc1ccncc1C(N)c1ccc(I)cc1. The van der Waals surface area contributed by atoms with Gasteiger partial charge < -0.3 is 5.73 Å². The van der Waals surface area contributed by atoms with Crippen LogP contribution in [0.2, 0.25) is 0 Å². The van der Waals surface area contributed by atoms with Gasteiger partial charge in [0.05, 0.1) is 6.04 Å². The number of hydrogen-bond donors (Lipinski definition) is 1. The molecule has 2 nitrogen and oxygen atoms in total. The molecule has 0 spiro atoms. The first kappa shape index (κ1) is 11.5. The van der Waals surface area contributed by atoms with E-state index in [0.29, 0.717) is 0 Å². The van der Waals surface area contributed by atoms with Gasteiger partial charge in [-0.3, -0.25) is 4.98 Å². The highest BCUT2D eigenvalue weighted by Gasteiger charge is 2.10. The van der Waals surface area contributed by atoms with Crippen molar-refractivity contribution >= 4 is 22.6 Å². The first-order valence-corrected chi connectivity index (χ1v) is 6.18. The normalized spacial score (nSPS) is 12.4. The van der Waals surface area contributed by atoms with E-state index in [1.807, 2.05) is 12.3 Å². The Balaban J connectivity index is 2.35. The molecule has 0 radical (unpaired) electrons. The predicted octanol–water partition coefficient (Wildman–Crippen LogP) is 3.04. The zero-order chi connectivity index (χ0) is 11.5. The highest BCUT2D eigenvalue weighted by Crippen LogP contribution is 2.22. The van der Waals surface area contributed by atoms with E-state index in [2.05, 4.69) is 58.8 Å². The fourth-order valence-corrected chi connectivity index (χ4v) is 2.01. The first-order chi connectivity index (χ1) is 7.68. The van der Waals surface area contributed by atoms with Crippen LogP contribution in [0.1, 0.15) is 22.7 Å². The summed E-state index contributed by atoms with van der Waals surface area (Å²) in [4.78, 5) is 4.13. The molecule has 1 atom stereocenters. The number of nitrogens with zero attached hydrogens (tertiary/aromatic N) is 1. The summed E-state index contributed by atoms with van der Waals surface area (Å²) in [6.45, 7) is 2.06. The molecular formula is C13H13IN2. The first-order valence-electron chi connectivity index (χ1n) is 5.10. The van der Waals surface area contributed by atoms with E-state index in [-0.39, 0.29) is 6.04 Å². The summed E-state index contributed by atoms with van der Waals surface area (Å²) < 4.78 is 1.22. The van der Waals surface area contributed by atoms with Crippen LogP contribution in [0.25, 0.3) is 0 Å². The second kappa shape index (κ2) is 4.93. The number of halogens is 1. The van der Waals surface area contributed by atoms with Crippen molar-refractivity contribution in [3.8, 4) is 0 Å². The standard InChI is InChI=1S/C13H13IN2/c1-9-6-7-16-8-12(9)13(15)10-2-4-11(14)5-3-10/h2-8,13H,15H2,1H3. The third-order valence-corrected chi connectivity index (χ3v) is 3.36. The van der Waals surface area contributed by atoms with Crippen molar-refractivity contribution < 1.29 is 0 Å². The van der Waals surface area contributed by atoms with Gasteiger partial charge in [-0.25, -0.2) is 0 Å². The molecule has 2 N–H and O–H groups in total. The molecule has 0 bridgehead atoms. The Kier molecular flexibility index (Phi) is 3.56. The van der Waals surface area contributed by atoms with Crippen LogP contribution in [0.5, 0.6) is 0 Å². The van der Waals surface area contributed by atoms with E-state index in [9.17, 15) is 0 Å². The van der Waals surface area contributed by atoms with Gasteiger partial charge in [-0.2, -0.15) is 0 Å². The number of aromatic nitrogens is 1. The Labute approximate surface area is 109 Å². The Morgan fingerprint density at radius 1 is 1.19 bits per heavy atom. The van der Waals surface area contributed by atoms with Gasteiger partial charge in [0.15, 0.2) is 0 Å². The Morgan fingerprint density at radius 3 is 2.50 bits per heavy atom. The lowest BCUT2D eigenvalue weighted by molar-refractivity contribution is 0.852. The molecule has 0 amide bonds. The second-order valence-corrected chi connectivity index (χ2v) is 5.01. The molecule has 1 heterocycles. The average Bonchev–Trinajstić information content (AvgIpc) is 2.30. The van der Waals surface area contributed by atoms with Gasteiger partial charge in [-0.05, 0) is 64.4 Å². The zero-order valence-electron chi connectivity index (χ0n) is 9.02. The summed E-state index contributed by atoms with van der Waals surface area (Å²) in [6.07, 6.45) is 3.64. The lowest BCUT2D eigenvalue weighted by Gasteiger charge is -2.14. The molecule has 1 aromatic carbocycles. The van der Waals surface area contributed by atoms with Gasteiger partial charge in [0, 0.05) is 16.0 Å². The van der Waals surface area contributed by atoms with Crippen molar-refractivity contribution in [1.29, 1.82) is 0 Å². The lowest BCUT2D eigenvalue weighted by atomic mass is 9.98. The van der Waals surface area contributed by atoms with Gasteiger partial charge in [-0.1, -0.05) is 12.1 Å². The fraction of sp³-hybridized carbons (Fsp3) is 0.154. The quantitative estimate of drug-likeness (QED) is 0.863. The molecular weight excluding hydrogens is 311 g/mol. The van der Waals surface area contributed by atoms with Crippen LogP contribution in [0.3, 0.4) is 0 Å². The Hall–Kier alpha value is -0.940. The third kappa shape index (κ3) is 2.41. The number of rotatable bonds is 2. The van der Waals surface area contributed by atoms with Crippen molar-refractivity contribution in [3.05, 3.63) is 63.0 Å². The number of pyridine rings is 1. The van der Waals surface area contributed by atoms with Gasteiger partial charge in [0.2, 0.25) is 0 Å². The summed E-state index contributed by atoms with van der Waals surface area (Å²) in [7, 11) is 0. The molecule has 0 aliphatic carbocycles. The number of aryl methyl sites for hydroxylation is 1. The van der Waals surface area contributed by atoms with Crippen LogP contribution < -0.4 is 5.73 Å². The van der Waals surface area contributed by atoms with Gasteiger partial charge >= 0.3 is 0 Å². The van der Waals surface area contributed by atoms with E-state index < -0.39 is 0 Å². The number of nitrogens with two attached hydrogens (primary N) is 1. The van der Waals surface area contributed by atoms with Crippen LogP contribution >= 0.6 is 22.6 Å². The maximum Gasteiger partial charge on any atom is 0.0569 e. The summed E-state index contributed by atoms with van der Waals surface area (Å²) in [6, 6.07) is 10.2. The molecule has 2 aromatic rings. The van der Waals surface area contributed by atoms with Crippen molar-refractivity contribution in [2.24, 2.45) is 5.73 Å². The minimum absolute atomic E-state index is 0.0919. The van der Waals surface area contributed by atoms with E-state index in [0.717, 1.165) is 11.1 Å². The van der Waals surface area contributed by atoms with E-state index in [4.69, 9.17) is 5.73 Å². The highest BCUT2D eigenvalue weighted by atomic mass is 127. The van der Waals surface area contributed by atoms with E-state index >= 15 is 0 Å². The smallest absolute Gasteiger partial charge is 0.0569 e. The highest BCUT2D eigenvalue weighted by molar-refractivity contribution is 14.1. The van der Waals surface area contributed by atoms with Crippen molar-refractivity contribution in [1.82, 2.24) is 4.98 Å². The third-order valence-electron chi connectivity index (χ3n) is 2.64. The maximum absolute atomic E-state index is 6.22. The molecule has 1 unspecified atom stereocenters. The lowest BCUT2D eigenvalue weighted by Crippen LogP contribution is -2.13. The Bertz CT molecular complexity index is 480. The molecule has 0 fully saturated rings. The van der Waals surface area contributed by atoms with Crippen LogP contribution in [-0.2, 0) is 0 Å². The van der Waals surface area contributed by atoms with E-state index in [1.165, 1.54) is 9.13 Å². The molecule has 0 saturated heterocycles. The van der Waals surface area contributed by atoms with Gasteiger partial charge in [0.1, 0.15) is 0 Å². The largest absolute Gasteiger partial charge is 0.320 e. The van der Waals surface area contributed by atoms with Crippen molar-refractivity contribution in [2.45, 2.75) is 13.0 Å². The summed E-state index contributed by atoms with van der Waals surface area (Å²) in [5.74, 6) is 0. The molecule has 2 rings (SSSR count). The summed E-state index contributed by atoms with van der Waals surface area (Å²) >= 11 is 2.29. The molecule has 3 heteroatoms. The minimum atomic E-state index is -0.0919. The zero-order valence-corrected chi connectivity index (χ0v) is 11.2. The number of hydrogen-bond acceptors (Lipinski definition) is 2. The molecule has 0 saturated carbocycles. The van der Waals surface area contributed by atoms with Crippen LogP contribution in [0.15, 0.2) is 42.7 Å². The molecule has 82 valence electrons. The fourth-order valence-electron chi connectivity index (χ4n) is 1.65. The summed E-state index contributed by atoms with van der Waals surface area (Å²) in [5.41, 5.74) is 9.61. The average molecular weight is 324 g/mol. The van der Waals surface area contributed by atoms with Crippen molar-refractivity contribution in [3.63, 3.8) is 0 Å². The predicted molar refractivity (Wildman–Crippen MR) is 74.2 cm³/mol. The molecule has 0 aliphatic rings. The van der Waals surface area contributed by atoms with Crippen LogP contribution in [0, 0.1) is 10.5 Å². The van der Waals surface area contributed by atoms with E-state index in [1.54, 1.807) is 6.20 Å². The topological polar surface area (TPSA) is 38.9 Å². The van der Waals surface area contributed by atoms with Crippen LogP contribution in [0.4, 0.5) is 0 Å². The minimum Gasteiger partial charge on any atom is -0.320 e. The maximum atomic E-state index is 6.22. The molecule has 16 heavy (non-hydrogen) atoms. The summed E-state index contributed by atoms with van der Waals surface area (Å²) in [5, 5.41) is 0. The van der Waals surface area contributed by atoms with Gasteiger partial charge in [0.25, 0.3) is 0 Å². The number of benzene rings is 1.